The third-order valence-electron chi connectivity index (χ3n) is 3.28. The van der Waals surface area contributed by atoms with Crippen molar-refractivity contribution in [2.24, 2.45) is 0 Å². The molecule has 1 unspecified atom stereocenters. The number of ether oxygens (including phenoxy) is 1. The minimum Gasteiger partial charge on any atom is -0.380 e. The van der Waals surface area contributed by atoms with E-state index in [-0.39, 0.29) is 6.03 Å². The van der Waals surface area contributed by atoms with Gasteiger partial charge in [-0.1, -0.05) is 25.5 Å². The molecule has 0 saturated carbocycles. The van der Waals surface area contributed by atoms with E-state index in [4.69, 9.17) is 4.74 Å². The first-order valence-corrected chi connectivity index (χ1v) is 7.57. The number of benzene rings is 1. The zero-order valence-corrected chi connectivity index (χ0v) is 13.2. The van der Waals surface area contributed by atoms with E-state index in [2.05, 4.69) is 29.8 Å². The summed E-state index contributed by atoms with van der Waals surface area (Å²) in [6.45, 7) is 6.03. The minimum absolute atomic E-state index is 0.205. The number of rotatable bonds is 9. The monoisotopic (exact) mass is 293 g/mol. The van der Waals surface area contributed by atoms with Crippen LogP contribution in [0.4, 0.5) is 10.5 Å². The van der Waals surface area contributed by atoms with Crippen LogP contribution in [0, 0.1) is 0 Å². The van der Waals surface area contributed by atoms with Gasteiger partial charge in [0.1, 0.15) is 0 Å². The van der Waals surface area contributed by atoms with Crippen molar-refractivity contribution in [3.8, 4) is 0 Å². The molecule has 21 heavy (non-hydrogen) atoms. The topological polar surface area (TPSA) is 62.4 Å². The summed E-state index contributed by atoms with van der Waals surface area (Å²) in [6.07, 6.45) is 2.18. The molecule has 0 aliphatic rings. The van der Waals surface area contributed by atoms with Crippen LogP contribution in [0.5, 0.6) is 0 Å². The predicted octanol–water partition coefficient (Wildman–Crippen LogP) is 2.91. The van der Waals surface area contributed by atoms with Gasteiger partial charge in [-0.3, -0.25) is 0 Å². The zero-order chi connectivity index (χ0) is 15.5. The molecule has 5 nitrogen and oxygen atoms in total. The summed E-state index contributed by atoms with van der Waals surface area (Å²) >= 11 is 0. The normalized spacial score (nSPS) is 12.0. The Morgan fingerprint density at radius 3 is 2.57 bits per heavy atom. The second-order valence-electron chi connectivity index (χ2n) is 4.98. The number of urea groups is 1. The first-order valence-electron chi connectivity index (χ1n) is 7.57. The molecule has 118 valence electrons. The van der Waals surface area contributed by atoms with Gasteiger partial charge in [-0.2, -0.15) is 0 Å². The molecule has 2 amide bonds. The molecular weight excluding hydrogens is 266 g/mol. The lowest BCUT2D eigenvalue weighted by Gasteiger charge is -2.12. The van der Waals surface area contributed by atoms with Crippen molar-refractivity contribution in [1.29, 1.82) is 0 Å². The van der Waals surface area contributed by atoms with Gasteiger partial charge in [0.15, 0.2) is 0 Å². The minimum atomic E-state index is -0.205. The van der Waals surface area contributed by atoms with E-state index >= 15 is 0 Å². The van der Waals surface area contributed by atoms with E-state index in [1.807, 2.05) is 31.3 Å². The number of amides is 2. The molecule has 0 bridgehead atoms. The van der Waals surface area contributed by atoms with Crippen LogP contribution in [0.15, 0.2) is 24.3 Å². The molecule has 0 fully saturated rings. The Morgan fingerprint density at radius 1 is 1.24 bits per heavy atom. The summed E-state index contributed by atoms with van der Waals surface area (Å²) in [5.74, 6) is 0. The maximum absolute atomic E-state index is 11.7. The highest BCUT2D eigenvalue weighted by Crippen LogP contribution is 2.15. The molecule has 0 heterocycles. The highest BCUT2D eigenvalue weighted by Gasteiger charge is 2.04. The van der Waals surface area contributed by atoms with Gasteiger partial charge in [-0.15, -0.1) is 0 Å². The van der Waals surface area contributed by atoms with Crippen LogP contribution >= 0.6 is 0 Å². The van der Waals surface area contributed by atoms with Gasteiger partial charge in [0.05, 0.1) is 6.61 Å². The molecule has 0 saturated heterocycles. The summed E-state index contributed by atoms with van der Waals surface area (Å²) in [5.41, 5.74) is 1.97. The first-order chi connectivity index (χ1) is 10.2. The second kappa shape index (κ2) is 10.2. The van der Waals surface area contributed by atoms with Crippen molar-refractivity contribution in [2.45, 2.75) is 32.7 Å². The highest BCUT2D eigenvalue weighted by molar-refractivity contribution is 5.89. The molecule has 0 aliphatic heterocycles. The second-order valence-corrected chi connectivity index (χ2v) is 4.98. The summed E-state index contributed by atoms with van der Waals surface area (Å²) in [5, 5.41) is 8.75. The van der Waals surface area contributed by atoms with Gasteiger partial charge in [0.25, 0.3) is 0 Å². The fraction of sp³-hybridized carbons (Fsp3) is 0.562. The van der Waals surface area contributed by atoms with Crippen molar-refractivity contribution < 1.29 is 9.53 Å². The van der Waals surface area contributed by atoms with Crippen molar-refractivity contribution in [2.75, 3.05) is 32.1 Å². The summed E-state index contributed by atoms with van der Waals surface area (Å²) in [6, 6.07) is 7.91. The van der Waals surface area contributed by atoms with Crippen molar-refractivity contribution in [3.05, 3.63) is 29.8 Å². The maximum atomic E-state index is 11.7. The third kappa shape index (κ3) is 7.11. The Balaban J connectivity index is 2.25. The van der Waals surface area contributed by atoms with E-state index in [1.54, 1.807) is 0 Å². The number of nitrogens with one attached hydrogen (secondary N) is 3. The first kappa shape index (κ1) is 17.5. The Morgan fingerprint density at radius 2 is 1.95 bits per heavy atom. The fourth-order valence-electron chi connectivity index (χ4n) is 1.78. The quantitative estimate of drug-likeness (QED) is 0.613. The third-order valence-corrected chi connectivity index (χ3v) is 3.28. The van der Waals surface area contributed by atoms with Gasteiger partial charge in [0.2, 0.25) is 0 Å². The average Bonchev–Trinajstić information content (AvgIpc) is 2.50. The van der Waals surface area contributed by atoms with Crippen LogP contribution in [0.25, 0.3) is 0 Å². The number of unbranched alkanes of at least 4 members (excludes halogenated alkanes) is 1. The van der Waals surface area contributed by atoms with E-state index < -0.39 is 0 Å². The lowest BCUT2D eigenvalue weighted by atomic mass is 10.1. The Bertz CT molecular complexity index is 406. The zero-order valence-electron chi connectivity index (χ0n) is 13.2. The molecule has 0 spiro atoms. The van der Waals surface area contributed by atoms with Gasteiger partial charge in [-0.25, -0.2) is 4.79 Å². The molecule has 1 aromatic carbocycles. The lowest BCUT2D eigenvalue weighted by Crippen LogP contribution is -2.31. The number of hydrogen-bond donors (Lipinski definition) is 3. The van der Waals surface area contributed by atoms with Gasteiger partial charge < -0.3 is 20.7 Å². The van der Waals surface area contributed by atoms with Crippen LogP contribution in [-0.2, 0) is 4.74 Å². The summed E-state index contributed by atoms with van der Waals surface area (Å²) < 4.78 is 5.38. The smallest absolute Gasteiger partial charge is 0.319 e. The summed E-state index contributed by atoms with van der Waals surface area (Å²) in [4.78, 5) is 11.7. The number of carbonyl (C=O) groups is 1. The number of hydrogen-bond acceptors (Lipinski definition) is 3. The maximum Gasteiger partial charge on any atom is 0.319 e. The highest BCUT2D eigenvalue weighted by atomic mass is 16.5. The lowest BCUT2D eigenvalue weighted by molar-refractivity contribution is 0.134. The average molecular weight is 293 g/mol. The largest absolute Gasteiger partial charge is 0.380 e. The predicted molar refractivity (Wildman–Crippen MR) is 86.7 cm³/mol. The van der Waals surface area contributed by atoms with E-state index in [9.17, 15) is 4.79 Å². The Kier molecular flexibility index (Phi) is 8.47. The molecule has 1 atom stereocenters. The number of carbonyl (C=O) groups excluding carboxylic acids is 1. The van der Waals surface area contributed by atoms with Gasteiger partial charge in [-0.05, 0) is 38.1 Å². The Labute approximate surface area is 127 Å². The Hall–Kier alpha value is -1.59. The standard InChI is InChI=1S/C16H27N3O2/c1-4-5-11-21-12-10-18-16(20)19-15-8-6-14(7-9-15)13(2)17-3/h6-9,13,17H,4-5,10-12H2,1-3H3,(H2,18,19,20). The molecule has 0 radical (unpaired) electrons. The van der Waals surface area contributed by atoms with Crippen LogP contribution in [0.3, 0.4) is 0 Å². The van der Waals surface area contributed by atoms with Crippen LogP contribution < -0.4 is 16.0 Å². The van der Waals surface area contributed by atoms with E-state index in [0.29, 0.717) is 19.2 Å². The molecular formula is C16H27N3O2. The van der Waals surface area contributed by atoms with Crippen LogP contribution in [0.2, 0.25) is 0 Å². The molecule has 0 aromatic heterocycles. The molecule has 1 rings (SSSR count). The van der Waals surface area contributed by atoms with Crippen molar-refractivity contribution in [1.82, 2.24) is 10.6 Å². The van der Waals surface area contributed by atoms with Crippen LogP contribution in [-0.4, -0.2) is 32.8 Å². The molecule has 3 N–H and O–H groups in total. The molecule has 1 aromatic rings. The van der Waals surface area contributed by atoms with Gasteiger partial charge in [0, 0.05) is 24.9 Å². The van der Waals surface area contributed by atoms with Crippen molar-refractivity contribution in [3.63, 3.8) is 0 Å². The molecule has 5 heteroatoms. The summed E-state index contributed by atoms with van der Waals surface area (Å²) in [7, 11) is 1.92. The SMILES string of the molecule is CCCCOCCNC(=O)Nc1ccc(C(C)NC)cc1. The van der Waals surface area contributed by atoms with Gasteiger partial charge >= 0.3 is 6.03 Å². The molecule has 0 aliphatic carbocycles. The fourth-order valence-corrected chi connectivity index (χ4v) is 1.78. The van der Waals surface area contributed by atoms with E-state index in [0.717, 1.165) is 25.1 Å². The van der Waals surface area contributed by atoms with E-state index in [1.165, 1.54) is 5.56 Å². The van der Waals surface area contributed by atoms with Crippen LogP contribution in [0.1, 0.15) is 38.3 Å². The number of anilines is 1. The van der Waals surface area contributed by atoms with Crippen molar-refractivity contribution >= 4 is 11.7 Å².